The van der Waals surface area contributed by atoms with Crippen LogP contribution in [0.25, 0.3) is 22.6 Å². The maximum Gasteiger partial charge on any atom is 0.242 e. The van der Waals surface area contributed by atoms with Crippen molar-refractivity contribution in [1.29, 1.82) is 0 Å². The van der Waals surface area contributed by atoms with Crippen molar-refractivity contribution in [2.75, 3.05) is 23.1 Å². The van der Waals surface area contributed by atoms with Gasteiger partial charge in [0.1, 0.15) is 16.5 Å². The number of thioether (sulfide) groups is 1. The predicted molar refractivity (Wildman–Crippen MR) is 182 cm³/mol. The number of rotatable bonds is 9. The third-order valence-electron chi connectivity index (χ3n) is 6.73. The lowest BCUT2D eigenvalue weighted by molar-refractivity contribution is -0.115. The molecule has 6 aromatic rings. The number of aromatic nitrogens is 1. The molecule has 6 rings (SSSR count). The number of anilines is 3. The number of amides is 1. The first-order valence-electron chi connectivity index (χ1n) is 13.9. The molecule has 7 nitrogen and oxygen atoms in total. The molecular weight excluding hydrogens is 589 g/mol. The molecule has 1 amide bonds. The molecule has 0 bridgehead atoms. The number of benzene rings is 5. The quantitative estimate of drug-likeness (QED) is 0.110. The molecule has 9 heteroatoms. The zero-order chi connectivity index (χ0) is 30.3. The molecule has 1 aromatic heterocycles. The summed E-state index contributed by atoms with van der Waals surface area (Å²) in [5, 5.41) is 9.42. The highest BCUT2D eigenvalue weighted by atomic mass is 32.2. The summed E-state index contributed by atoms with van der Waals surface area (Å²) in [4.78, 5) is 19.2. The van der Waals surface area contributed by atoms with Crippen LogP contribution in [-0.2, 0) is 4.79 Å². The van der Waals surface area contributed by atoms with E-state index in [1.54, 1.807) is 7.11 Å². The van der Waals surface area contributed by atoms with Crippen LogP contribution in [0.3, 0.4) is 0 Å². The van der Waals surface area contributed by atoms with Crippen molar-refractivity contribution >= 4 is 63.2 Å². The number of oxazole rings is 1. The number of hydrogen-bond acceptors (Lipinski definition) is 6. The van der Waals surface area contributed by atoms with E-state index in [0.717, 1.165) is 38.5 Å². The summed E-state index contributed by atoms with van der Waals surface area (Å²) >= 11 is 7.01. The lowest BCUT2D eigenvalue weighted by Crippen LogP contribution is -2.20. The van der Waals surface area contributed by atoms with Gasteiger partial charge in [0.15, 0.2) is 10.7 Å². The van der Waals surface area contributed by atoms with Crippen molar-refractivity contribution in [1.82, 2.24) is 4.98 Å². The van der Waals surface area contributed by atoms with Gasteiger partial charge in [0.2, 0.25) is 11.8 Å². The van der Waals surface area contributed by atoms with Crippen molar-refractivity contribution in [3.63, 3.8) is 0 Å². The maximum atomic E-state index is 13.7. The minimum Gasteiger partial charge on any atom is -0.495 e. The molecule has 0 saturated carbocycles. The molecule has 0 spiro atoms. The number of hydrogen-bond donors (Lipinski definition) is 3. The molecule has 0 saturated heterocycles. The fourth-order valence-electron chi connectivity index (χ4n) is 4.62. The molecule has 3 N–H and O–H groups in total. The second-order valence-corrected chi connectivity index (χ2v) is 11.4. The minimum absolute atomic E-state index is 0.137. The van der Waals surface area contributed by atoms with E-state index in [1.807, 2.05) is 127 Å². The lowest BCUT2D eigenvalue weighted by atomic mass is 10.1. The molecule has 44 heavy (non-hydrogen) atoms. The summed E-state index contributed by atoms with van der Waals surface area (Å²) in [7, 11) is 1.62. The molecule has 0 radical (unpaired) electrons. The first kappa shape index (κ1) is 29.0. The Morgan fingerprint density at radius 3 is 2.34 bits per heavy atom. The first-order chi connectivity index (χ1) is 21.6. The Labute approximate surface area is 264 Å². The summed E-state index contributed by atoms with van der Waals surface area (Å²) in [5.74, 6) is 1.09. The van der Waals surface area contributed by atoms with Gasteiger partial charge in [-0.15, -0.1) is 11.8 Å². The standard InChI is InChI=1S/C35H28N4O3S2/c1-41-30-16-7-5-14-28(30)39-35(43)37-26-12-9-13-27(22-26)44-32(23-10-3-2-4-11-23)33(40)36-25-20-18-24(19-21-25)34-38-29-15-6-8-17-31(29)42-34/h2-22,32H,1H3,(H,36,40)(H2,37,39,43). The van der Waals surface area contributed by atoms with Crippen LogP contribution in [0, 0.1) is 0 Å². The van der Waals surface area contributed by atoms with Crippen LogP contribution in [0.15, 0.2) is 137 Å². The van der Waals surface area contributed by atoms with Gasteiger partial charge in [-0.25, -0.2) is 4.98 Å². The predicted octanol–water partition coefficient (Wildman–Crippen LogP) is 8.78. The van der Waals surface area contributed by atoms with Crippen molar-refractivity contribution in [2.45, 2.75) is 10.1 Å². The molecule has 1 unspecified atom stereocenters. The molecule has 0 aliphatic heterocycles. The molecule has 0 aliphatic rings. The van der Waals surface area contributed by atoms with Gasteiger partial charge >= 0.3 is 0 Å². The number of carbonyl (C=O) groups is 1. The van der Waals surface area contributed by atoms with Crippen molar-refractivity contribution in [3.8, 4) is 17.2 Å². The molecule has 0 aliphatic carbocycles. The summed E-state index contributed by atoms with van der Waals surface area (Å²) < 4.78 is 11.3. The lowest BCUT2D eigenvalue weighted by Gasteiger charge is -2.18. The van der Waals surface area contributed by atoms with E-state index in [-0.39, 0.29) is 5.91 Å². The van der Waals surface area contributed by atoms with Gasteiger partial charge in [0.05, 0.1) is 12.8 Å². The van der Waals surface area contributed by atoms with Crippen molar-refractivity contribution < 1.29 is 13.9 Å². The van der Waals surface area contributed by atoms with Gasteiger partial charge in [-0.2, -0.15) is 0 Å². The summed E-state index contributed by atoms with van der Waals surface area (Å²) in [6, 6.07) is 40.2. The highest BCUT2D eigenvalue weighted by Gasteiger charge is 2.23. The smallest absolute Gasteiger partial charge is 0.242 e. The normalized spacial score (nSPS) is 11.5. The summed E-state index contributed by atoms with van der Waals surface area (Å²) in [6.07, 6.45) is 0. The van der Waals surface area contributed by atoms with Gasteiger partial charge < -0.3 is 25.1 Å². The molecule has 0 fully saturated rings. The van der Waals surface area contributed by atoms with Crippen LogP contribution in [0.1, 0.15) is 10.8 Å². The Hall–Kier alpha value is -5.12. The minimum atomic E-state index is -0.498. The topological polar surface area (TPSA) is 88.4 Å². The van der Waals surface area contributed by atoms with Crippen molar-refractivity contribution in [2.24, 2.45) is 0 Å². The van der Waals surface area contributed by atoms with Gasteiger partial charge in [-0.05, 0) is 84.5 Å². The highest BCUT2D eigenvalue weighted by molar-refractivity contribution is 8.00. The number of ether oxygens (including phenoxy) is 1. The van der Waals surface area contributed by atoms with Crippen LogP contribution in [0.2, 0.25) is 0 Å². The Bertz CT molecular complexity index is 1880. The Kier molecular flexibility index (Phi) is 8.86. The molecule has 1 heterocycles. The van der Waals surface area contributed by atoms with Crippen LogP contribution in [0.5, 0.6) is 5.75 Å². The average Bonchev–Trinajstić information content (AvgIpc) is 3.49. The number of nitrogens with zero attached hydrogens (tertiary/aromatic N) is 1. The van der Waals surface area contributed by atoms with Gasteiger partial charge in [0.25, 0.3) is 0 Å². The largest absolute Gasteiger partial charge is 0.495 e. The fourth-order valence-corrected chi connectivity index (χ4v) is 5.93. The highest BCUT2D eigenvalue weighted by Crippen LogP contribution is 2.37. The zero-order valence-corrected chi connectivity index (χ0v) is 25.3. The van der Waals surface area contributed by atoms with Gasteiger partial charge in [-0.1, -0.05) is 60.7 Å². The molecular formula is C35H28N4O3S2. The van der Waals surface area contributed by atoms with E-state index in [2.05, 4.69) is 20.9 Å². The van der Waals surface area contributed by atoms with E-state index < -0.39 is 5.25 Å². The Morgan fingerprint density at radius 2 is 1.55 bits per heavy atom. The van der Waals surface area contributed by atoms with E-state index in [1.165, 1.54) is 11.8 Å². The van der Waals surface area contributed by atoms with E-state index in [9.17, 15) is 4.79 Å². The summed E-state index contributed by atoms with van der Waals surface area (Å²) in [5.41, 5.74) is 5.50. The summed E-state index contributed by atoms with van der Waals surface area (Å²) in [6.45, 7) is 0. The van der Waals surface area contributed by atoms with E-state index in [0.29, 0.717) is 22.4 Å². The zero-order valence-electron chi connectivity index (χ0n) is 23.7. The second kappa shape index (κ2) is 13.5. The molecule has 5 aromatic carbocycles. The fraction of sp³-hybridized carbons (Fsp3) is 0.0571. The van der Waals surface area contributed by atoms with E-state index in [4.69, 9.17) is 21.4 Å². The SMILES string of the molecule is COc1ccccc1NC(=S)Nc1cccc(SC(C(=O)Nc2ccc(-c3nc4ccccc4o3)cc2)c2ccccc2)c1. The van der Waals surface area contributed by atoms with Crippen LogP contribution >= 0.6 is 24.0 Å². The third kappa shape index (κ3) is 6.91. The second-order valence-electron chi connectivity index (χ2n) is 9.77. The van der Waals surface area contributed by atoms with Crippen LogP contribution in [0.4, 0.5) is 17.1 Å². The number of methoxy groups -OCH3 is 1. The first-order valence-corrected chi connectivity index (χ1v) is 15.1. The van der Waals surface area contributed by atoms with Crippen LogP contribution in [-0.4, -0.2) is 23.1 Å². The number of fused-ring (bicyclic) bond motifs is 1. The monoisotopic (exact) mass is 616 g/mol. The molecule has 1 atom stereocenters. The van der Waals surface area contributed by atoms with Crippen molar-refractivity contribution in [3.05, 3.63) is 133 Å². The molecule has 218 valence electrons. The average molecular weight is 617 g/mol. The number of para-hydroxylation sites is 4. The number of carbonyl (C=O) groups excluding carboxylic acids is 1. The van der Waals surface area contributed by atoms with E-state index >= 15 is 0 Å². The Morgan fingerprint density at radius 1 is 0.795 bits per heavy atom. The van der Waals surface area contributed by atoms with Gasteiger partial charge in [0, 0.05) is 21.8 Å². The third-order valence-corrected chi connectivity index (χ3v) is 8.19. The number of thiocarbonyl (C=S) groups is 1. The van der Waals surface area contributed by atoms with Crippen LogP contribution < -0.4 is 20.7 Å². The maximum absolute atomic E-state index is 13.7. The number of nitrogens with one attached hydrogen (secondary N) is 3. The van der Waals surface area contributed by atoms with Gasteiger partial charge in [-0.3, -0.25) is 4.79 Å². The Balaban J connectivity index is 1.16.